The summed E-state index contributed by atoms with van der Waals surface area (Å²) < 4.78 is 1.90. The number of carbonyl (C=O) groups is 1. The van der Waals surface area contributed by atoms with Crippen LogP contribution in [0.15, 0.2) is 59.8 Å². The predicted octanol–water partition coefficient (Wildman–Crippen LogP) is 3.22. The van der Waals surface area contributed by atoms with Crippen molar-refractivity contribution in [2.45, 2.75) is 18.9 Å². The third-order valence-electron chi connectivity index (χ3n) is 5.83. The van der Waals surface area contributed by atoms with Crippen molar-refractivity contribution >= 4 is 17.5 Å². The first kappa shape index (κ1) is 18.1. The highest BCUT2D eigenvalue weighted by molar-refractivity contribution is 6.30. The van der Waals surface area contributed by atoms with E-state index in [-0.39, 0.29) is 23.3 Å². The van der Waals surface area contributed by atoms with Gasteiger partial charge in [0.05, 0.1) is 6.20 Å². The molecule has 7 heteroatoms. The number of pyridine rings is 1. The zero-order valence-electron chi connectivity index (χ0n) is 15.7. The van der Waals surface area contributed by atoms with Crippen LogP contribution in [0.25, 0.3) is 11.1 Å². The van der Waals surface area contributed by atoms with Crippen molar-refractivity contribution < 1.29 is 4.79 Å². The lowest BCUT2D eigenvalue weighted by atomic mass is 9.82. The second-order valence-electron chi connectivity index (χ2n) is 7.69. The standard InChI is InChI=1S/C22H19ClN4O2/c23-17-3-1-15(2-4-17)18-5-6-20-16-9-14(12-27(20)21(18)28)11-26(13-16)22(29)19-10-24-7-8-25-19/h1-8,10,14,16H,9,11-13H2/t14-,16-/m1/s1. The minimum absolute atomic E-state index is 0.0215. The summed E-state index contributed by atoms with van der Waals surface area (Å²) in [5.41, 5.74) is 2.93. The topological polar surface area (TPSA) is 68.1 Å². The first-order chi connectivity index (χ1) is 14.1. The number of nitrogens with zero attached hydrogens (tertiary/aromatic N) is 4. The molecule has 29 heavy (non-hydrogen) atoms. The number of fused-ring (bicyclic) bond motifs is 4. The van der Waals surface area contributed by atoms with E-state index < -0.39 is 0 Å². The lowest BCUT2D eigenvalue weighted by Gasteiger charge is -2.42. The Hall–Kier alpha value is -2.99. The molecule has 2 atom stereocenters. The minimum atomic E-state index is -0.0959. The number of hydrogen-bond acceptors (Lipinski definition) is 4. The van der Waals surface area contributed by atoms with E-state index in [1.54, 1.807) is 18.3 Å². The van der Waals surface area contributed by atoms with Crippen LogP contribution < -0.4 is 5.56 Å². The average Bonchev–Trinajstić information content (AvgIpc) is 2.75. The zero-order valence-corrected chi connectivity index (χ0v) is 16.4. The van der Waals surface area contributed by atoms with Gasteiger partial charge in [-0.05, 0) is 42.2 Å². The molecule has 1 saturated heterocycles. The molecule has 0 saturated carbocycles. The molecule has 2 aliphatic rings. The van der Waals surface area contributed by atoms with E-state index in [2.05, 4.69) is 9.97 Å². The fraction of sp³-hybridized carbons (Fsp3) is 0.273. The van der Waals surface area contributed by atoms with Crippen molar-refractivity contribution in [3.63, 3.8) is 0 Å². The molecule has 1 fully saturated rings. The molecule has 1 aromatic carbocycles. The molecule has 0 N–H and O–H groups in total. The minimum Gasteiger partial charge on any atom is -0.336 e. The Kier molecular flexibility index (Phi) is 4.43. The van der Waals surface area contributed by atoms with E-state index in [1.807, 2.05) is 33.7 Å². The van der Waals surface area contributed by atoms with Crippen molar-refractivity contribution in [3.8, 4) is 11.1 Å². The van der Waals surface area contributed by atoms with E-state index in [4.69, 9.17) is 11.6 Å². The van der Waals surface area contributed by atoms with Gasteiger partial charge in [0.25, 0.3) is 11.5 Å². The van der Waals surface area contributed by atoms with Gasteiger partial charge in [0.2, 0.25) is 0 Å². The van der Waals surface area contributed by atoms with Gasteiger partial charge in [-0.25, -0.2) is 4.98 Å². The number of likely N-dealkylation sites (tertiary alicyclic amines) is 1. The molecule has 0 unspecified atom stereocenters. The van der Waals surface area contributed by atoms with Gasteiger partial charge in [0.15, 0.2) is 0 Å². The van der Waals surface area contributed by atoms with Gasteiger partial charge in [-0.2, -0.15) is 0 Å². The molecule has 3 aromatic rings. The van der Waals surface area contributed by atoms with Crippen LogP contribution in [0.3, 0.4) is 0 Å². The molecule has 1 amide bonds. The first-order valence-corrected chi connectivity index (χ1v) is 10.0. The SMILES string of the molecule is O=C(c1cnccn1)N1C[C@H]2C[C@H](C1)c1ccc(-c3ccc(Cl)cc3)c(=O)n1C2. The maximum Gasteiger partial charge on any atom is 0.274 e. The lowest BCUT2D eigenvalue weighted by molar-refractivity contribution is 0.0588. The number of halogens is 1. The van der Waals surface area contributed by atoms with Gasteiger partial charge in [-0.1, -0.05) is 23.7 Å². The Morgan fingerprint density at radius 3 is 2.62 bits per heavy atom. The van der Waals surface area contributed by atoms with Gasteiger partial charge in [0.1, 0.15) is 5.69 Å². The summed E-state index contributed by atoms with van der Waals surface area (Å²) in [6.07, 6.45) is 5.58. The molecule has 146 valence electrons. The van der Waals surface area contributed by atoms with E-state index in [0.29, 0.717) is 35.9 Å². The number of benzene rings is 1. The van der Waals surface area contributed by atoms with Crippen molar-refractivity contribution in [1.29, 1.82) is 0 Å². The van der Waals surface area contributed by atoms with E-state index >= 15 is 0 Å². The maximum absolute atomic E-state index is 13.2. The number of hydrogen-bond donors (Lipinski definition) is 0. The summed E-state index contributed by atoms with van der Waals surface area (Å²) in [5, 5.41) is 0.647. The lowest BCUT2D eigenvalue weighted by Crippen LogP contribution is -2.49. The summed E-state index contributed by atoms with van der Waals surface area (Å²) in [5.74, 6) is 0.302. The van der Waals surface area contributed by atoms with E-state index in [0.717, 1.165) is 17.7 Å². The Labute approximate surface area is 172 Å². The van der Waals surface area contributed by atoms with Gasteiger partial charge < -0.3 is 9.47 Å². The highest BCUT2D eigenvalue weighted by Crippen LogP contribution is 2.36. The summed E-state index contributed by atoms with van der Waals surface area (Å²) in [7, 11) is 0. The van der Waals surface area contributed by atoms with Crippen LogP contribution in [-0.2, 0) is 6.54 Å². The Morgan fingerprint density at radius 2 is 1.86 bits per heavy atom. The number of aromatic nitrogens is 3. The third-order valence-corrected chi connectivity index (χ3v) is 6.08. The molecule has 2 bridgehead atoms. The number of carbonyl (C=O) groups excluding carboxylic acids is 1. The highest BCUT2D eigenvalue weighted by Gasteiger charge is 2.37. The van der Waals surface area contributed by atoms with E-state index in [9.17, 15) is 9.59 Å². The molecular formula is C22H19ClN4O2. The Bertz CT molecular complexity index is 1130. The van der Waals surface area contributed by atoms with Crippen molar-refractivity contribution in [2.75, 3.05) is 13.1 Å². The van der Waals surface area contributed by atoms with Crippen LogP contribution in [0, 0.1) is 5.92 Å². The number of piperidine rings is 1. The van der Waals surface area contributed by atoms with Crippen LogP contribution in [0.5, 0.6) is 0 Å². The second-order valence-corrected chi connectivity index (χ2v) is 8.13. The van der Waals surface area contributed by atoms with E-state index in [1.165, 1.54) is 12.4 Å². The zero-order chi connectivity index (χ0) is 20.0. The van der Waals surface area contributed by atoms with Crippen molar-refractivity contribution in [3.05, 3.63) is 81.8 Å². The van der Waals surface area contributed by atoms with Crippen LogP contribution in [0.2, 0.25) is 5.02 Å². The maximum atomic E-state index is 13.2. The Morgan fingerprint density at radius 1 is 1.03 bits per heavy atom. The quantitative estimate of drug-likeness (QED) is 0.655. The van der Waals surface area contributed by atoms with Crippen LogP contribution >= 0.6 is 11.6 Å². The molecule has 4 heterocycles. The van der Waals surface area contributed by atoms with Crippen molar-refractivity contribution in [2.24, 2.45) is 5.92 Å². The molecule has 2 aliphatic heterocycles. The third kappa shape index (κ3) is 3.23. The molecule has 0 radical (unpaired) electrons. The molecule has 2 aromatic heterocycles. The summed E-state index contributed by atoms with van der Waals surface area (Å²) in [6.45, 7) is 1.84. The molecule has 5 rings (SSSR count). The number of amides is 1. The Balaban J connectivity index is 1.46. The molecule has 0 aliphatic carbocycles. The predicted molar refractivity (Wildman–Crippen MR) is 110 cm³/mol. The largest absolute Gasteiger partial charge is 0.336 e. The van der Waals surface area contributed by atoms with Gasteiger partial charge in [-0.15, -0.1) is 0 Å². The summed E-state index contributed by atoms with van der Waals surface area (Å²) in [4.78, 5) is 36.0. The van der Waals surface area contributed by atoms with Crippen LogP contribution in [0.1, 0.15) is 28.5 Å². The highest BCUT2D eigenvalue weighted by atomic mass is 35.5. The van der Waals surface area contributed by atoms with Crippen LogP contribution in [0.4, 0.5) is 0 Å². The molecular weight excluding hydrogens is 388 g/mol. The number of rotatable bonds is 2. The molecule has 0 spiro atoms. The normalized spacial score (nSPS) is 20.2. The monoisotopic (exact) mass is 406 g/mol. The summed E-state index contributed by atoms with van der Waals surface area (Å²) >= 11 is 5.98. The van der Waals surface area contributed by atoms with Gasteiger partial charge >= 0.3 is 0 Å². The van der Waals surface area contributed by atoms with Gasteiger partial charge in [-0.3, -0.25) is 14.6 Å². The fourth-order valence-corrected chi connectivity index (χ4v) is 4.66. The van der Waals surface area contributed by atoms with Crippen molar-refractivity contribution in [1.82, 2.24) is 19.4 Å². The van der Waals surface area contributed by atoms with Crippen LogP contribution in [-0.4, -0.2) is 38.4 Å². The fourth-order valence-electron chi connectivity index (χ4n) is 4.53. The first-order valence-electron chi connectivity index (χ1n) is 9.65. The second kappa shape index (κ2) is 7.12. The van der Waals surface area contributed by atoms with Gasteiger partial charge in [0, 0.05) is 54.2 Å². The smallest absolute Gasteiger partial charge is 0.274 e. The molecule has 6 nitrogen and oxygen atoms in total. The summed E-state index contributed by atoms with van der Waals surface area (Å²) in [6, 6.07) is 11.3. The average molecular weight is 407 g/mol.